The van der Waals surface area contributed by atoms with Crippen molar-refractivity contribution in [2.45, 2.75) is 31.2 Å². The Balaban J connectivity index is 1.83. The molecule has 1 spiro atoms. The van der Waals surface area contributed by atoms with Gasteiger partial charge in [-0.3, -0.25) is 4.99 Å². The molecule has 2 nitrogen and oxygen atoms in total. The van der Waals surface area contributed by atoms with E-state index in [4.69, 9.17) is 28.2 Å². The van der Waals surface area contributed by atoms with Crippen LogP contribution in [0.4, 0.5) is 10.1 Å². The Morgan fingerprint density at radius 1 is 1.21 bits per heavy atom. The summed E-state index contributed by atoms with van der Waals surface area (Å²) in [6, 6.07) is 2.50. The van der Waals surface area contributed by atoms with Gasteiger partial charge in [0.1, 0.15) is 5.82 Å². The number of halogens is 3. The van der Waals surface area contributed by atoms with Gasteiger partial charge in [-0.15, -0.1) is 0 Å². The van der Waals surface area contributed by atoms with Crippen molar-refractivity contribution < 1.29 is 4.39 Å². The quantitative estimate of drug-likeness (QED) is 0.791. The van der Waals surface area contributed by atoms with E-state index in [1.165, 1.54) is 25.0 Å². The van der Waals surface area contributed by atoms with E-state index in [9.17, 15) is 4.39 Å². The summed E-state index contributed by atoms with van der Waals surface area (Å²) in [5, 5.41) is 4.53. The van der Waals surface area contributed by atoms with Crippen LogP contribution < -0.4 is 5.32 Å². The zero-order valence-electron chi connectivity index (χ0n) is 10.2. The first kappa shape index (κ1) is 13.5. The molecule has 0 saturated heterocycles. The summed E-state index contributed by atoms with van der Waals surface area (Å²) >= 11 is 13.7. The Morgan fingerprint density at radius 2 is 1.84 bits per heavy atom. The van der Waals surface area contributed by atoms with Crippen LogP contribution >= 0.6 is 35.0 Å². The second kappa shape index (κ2) is 5.15. The number of hydrogen-bond acceptors (Lipinski definition) is 3. The molecule has 1 aromatic rings. The van der Waals surface area contributed by atoms with E-state index in [-0.39, 0.29) is 15.6 Å². The van der Waals surface area contributed by atoms with Gasteiger partial charge in [0.25, 0.3) is 0 Å². The minimum Gasteiger partial charge on any atom is -0.333 e. The van der Waals surface area contributed by atoms with Gasteiger partial charge in [0.05, 0.1) is 21.3 Å². The maximum atomic E-state index is 13.1. The second-order valence-electron chi connectivity index (χ2n) is 5.01. The molecule has 0 atom stereocenters. The summed E-state index contributed by atoms with van der Waals surface area (Å²) in [4.78, 5) is 4.78. The molecule has 1 saturated carbocycles. The van der Waals surface area contributed by atoms with Crippen LogP contribution in [0, 0.1) is 5.82 Å². The average molecular weight is 319 g/mol. The Labute approximate surface area is 125 Å². The smallest absolute Gasteiger partial charge is 0.161 e. The zero-order valence-corrected chi connectivity index (χ0v) is 12.5. The Kier molecular flexibility index (Phi) is 3.67. The third-order valence-electron chi connectivity index (χ3n) is 3.59. The number of nitrogens with zero attached hydrogens (tertiary/aromatic N) is 1. The van der Waals surface area contributed by atoms with Crippen molar-refractivity contribution in [3.05, 3.63) is 28.0 Å². The van der Waals surface area contributed by atoms with Gasteiger partial charge >= 0.3 is 0 Å². The van der Waals surface area contributed by atoms with Gasteiger partial charge in [0, 0.05) is 5.75 Å². The van der Waals surface area contributed by atoms with E-state index in [1.54, 1.807) is 11.8 Å². The fourth-order valence-electron chi connectivity index (χ4n) is 2.60. The molecule has 0 amide bonds. The van der Waals surface area contributed by atoms with Crippen LogP contribution in [-0.4, -0.2) is 16.5 Å². The van der Waals surface area contributed by atoms with Gasteiger partial charge in [-0.25, -0.2) is 4.39 Å². The molecule has 0 aromatic heterocycles. The number of aliphatic imine (C=N–C) groups is 1. The van der Waals surface area contributed by atoms with Crippen molar-refractivity contribution >= 4 is 45.8 Å². The molecule has 1 aliphatic heterocycles. The van der Waals surface area contributed by atoms with E-state index >= 15 is 0 Å². The maximum absolute atomic E-state index is 13.1. The van der Waals surface area contributed by atoms with Gasteiger partial charge < -0.3 is 5.32 Å². The number of nitrogens with one attached hydrogen (secondary N) is 1. The van der Waals surface area contributed by atoms with Crippen LogP contribution in [0.5, 0.6) is 0 Å². The summed E-state index contributed by atoms with van der Waals surface area (Å²) in [5.74, 6) is 0.569. The minimum absolute atomic E-state index is 0.103. The summed E-state index contributed by atoms with van der Waals surface area (Å²) in [5.41, 5.74) is 0.637. The number of thioether (sulfide) groups is 1. The third-order valence-corrected chi connectivity index (χ3v) is 5.33. The lowest BCUT2D eigenvalue weighted by Crippen LogP contribution is -2.21. The maximum Gasteiger partial charge on any atom is 0.161 e. The zero-order chi connectivity index (χ0) is 13.5. The van der Waals surface area contributed by atoms with Gasteiger partial charge in [0.15, 0.2) is 5.17 Å². The Hall–Kier alpha value is -0.450. The molecule has 6 heteroatoms. The summed E-state index contributed by atoms with van der Waals surface area (Å²) in [6.45, 7) is 0. The van der Waals surface area contributed by atoms with Crippen LogP contribution in [0.1, 0.15) is 25.7 Å². The molecule has 0 radical (unpaired) electrons. The lowest BCUT2D eigenvalue weighted by Gasteiger charge is -2.16. The summed E-state index contributed by atoms with van der Waals surface area (Å²) < 4.78 is 13.1. The number of anilines is 1. The molecule has 19 heavy (non-hydrogen) atoms. The molecule has 0 bridgehead atoms. The summed E-state index contributed by atoms with van der Waals surface area (Å²) in [7, 11) is 0. The fourth-order valence-corrected chi connectivity index (χ4v) is 4.35. The predicted octanol–water partition coefficient (Wildman–Crippen LogP) is 4.96. The largest absolute Gasteiger partial charge is 0.333 e. The molecule has 102 valence electrons. The Morgan fingerprint density at radius 3 is 2.47 bits per heavy atom. The SMILES string of the molecule is Fc1cc(Cl)c(NC2=NC3(CCCC3)CS2)c(Cl)c1. The minimum atomic E-state index is -0.436. The van der Waals surface area contributed by atoms with Gasteiger partial charge in [-0.05, 0) is 25.0 Å². The van der Waals surface area contributed by atoms with E-state index in [0.29, 0.717) is 5.69 Å². The number of amidine groups is 1. The molecule has 1 aromatic carbocycles. The molecular weight excluding hydrogens is 306 g/mol. The van der Waals surface area contributed by atoms with E-state index in [0.717, 1.165) is 23.8 Å². The molecule has 1 aliphatic carbocycles. The fraction of sp³-hybridized carbons (Fsp3) is 0.462. The lowest BCUT2D eigenvalue weighted by atomic mass is 10.0. The lowest BCUT2D eigenvalue weighted by molar-refractivity contribution is 0.508. The van der Waals surface area contributed by atoms with Gasteiger partial charge in [0.2, 0.25) is 0 Å². The van der Waals surface area contributed by atoms with Crippen LogP contribution in [-0.2, 0) is 0 Å². The molecule has 3 rings (SSSR count). The molecule has 1 fully saturated rings. The normalized spacial score (nSPS) is 20.9. The molecule has 1 heterocycles. The van der Waals surface area contributed by atoms with Crippen LogP contribution in [0.25, 0.3) is 0 Å². The molecule has 1 N–H and O–H groups in total. The van der Waals surface area contributed by atoms with E-state index in [1.807, 2.05) is 0 Å². The van der Waals surface area contributed by atoms with Crippen molar-refractivity contribution in [2.24, 2.45) is 4.99 Å². The number of benzene rings is 1. The molecule has 0 unspecified atom stereocenters. The highest BCUT2D eigenvalue weighted by Gasteiger charge is 2.38. The second-order valence-corrected chi connectivity index (χ2v) is 6.78. The van der Waals surface area contributed by atoms with Crippen LogP contribution in [0.3, 0.4) is 0 Å². The number of hydrogen-bond donors (Lipinski definition) is 1. The third kappa shape index (κ3) is 2.71. The molecule has 2 aliphatic rings. The first-order valence-corrected chi connectivity index (χ1v) is 7.96. The van der Waals surface area contributed by atoms with Crippen molar-refractivity contribution in [3.63, 3.8) is 0 Å². The first-order valence-electron chi connectivity index (χ1n) is 6.22. The van der Waals surface area contributed by atoms with Crippen molar-refractivity contribution in [1.29, 1.82) is 0 Å². The topological polar surface area (TPSA) is 24.4 Å². The van der Waals surface area contributed by atoms with Crippen molar-refractivity contribution in [1.82, 2.24) is 0 Å². The average Bonchev–Trinajstić information content (AvgIpc) is 2.95. The van der Waals surface area contributed by atoms with Crippen molar-refractivity contribution in [3.8, 4) is 0 Å². The Bertz CT molecular complexity index is 518. The van der Waals surface area contributed by atoms with E-state index < -0.39 is 5.82 Å². The molecular formula is C13H13Cl2FN2S. The van der Waals surface area contributed by atoms with Gasteiger partial charge in [-0.2, -0.15) is 0 Å². The first-order chi connectivity index (χ1) is 9.08. The van der Waals surface area contributed by atoms with Gasteiger partial charge in [-0.1, -0.05) is 47.8 Å². The van der Waals surface area contributed by atoms with E-state index in [2.05, 4.69) is 5.32 Å². The predicted molar refractivity (Wildman–Crippen MR) is 81.1 cm³/mol. The highest BCUT2D eigenvalue weighted by molar-refractivity contribution is 8.14. The highest BCUT2D eigenvalue weighted by atomic mass is 35.5. The highest BCUT2D eigenvalue weighted by Crippen LogP contribution is 2.42. The number of rotatable bonds is 1. The van der Waals surface area contributed by atoms with Crippen LogP contribution in [0.15, 0.2) is 17.1 Å². The van der Waals surface area contributed by atoms with Crippen LogP contribution in [0.2, 0.25) is 10.0 Å². The van der Waals surface area contributed by atoms with Crippen molar-refractivity contribution in [2.75, 3.05) is 11.1 Å². The standard InChI is InChI=1S/C13H13Cl2FN2S/c14-9-5-8(16)6-10(15)11(9)17-12-18-13(7-19-12)3-1-2-4-13/h5-6H,1-4,7H2,(H,17,18). The summed E-state index contributed by atoms with van der Waals surface area (Å²) in [6.07, 6.45) is 4.79. The monoisotopic (exact) mass is 318 g/mol.